The van der Waals surface area contributed by atoms with Gasteiger partial charge in [0.15, 0.2) is 0 Å². The van der Waals surface area contributed by atoms with Crippen molar-refractivity contribution in [3.05, 3.63) is 0 Å². The fourth-order valence-electron chi connectivity index (χ4n) is 2.98. The lowest BCUT2D eigenvalue weighted by Gasteiger charge is -2.07. The molecule has 0 rings (SSSR count). The zero-order valence-electron chi connectivity index (χ0n) is 15.5. The van der Waals surface area contributed by atoms with E-state index in [2.05, 4.69) is 19.4 Å². The third kappa shape index (κ3) is 20.4. The molecule has 0 aromatic carbocycles. The van der Waals surface area contributed by atoms with Crippen molar-refractivity contribution < 1.29 is 0 Å². The van der Waals surface area contributed by atoms with Crippen molar-refractivity contribution in [2.24, 2.45) is 0 Å². The Morgan fingerprint density at radius 3 is 1.00 bits per heavy atom. The van der Waals surface area contributed by atoms with Crippen LogP contribution in [0.25, 0.3) is 0 Å². The Kier molecular flexibility index (Phi) is 18.7. The predicted octanol–water partition coefficient (Wildman–Crippen LogP) is 7.51. The molecule has 0 bridgehead atoms. The molecule has 0 N–H and O–H groups in total. The van der Waals surface area contributed by atoms with Gasteiger partial charge in [0.25, 0.3) is 0 Å². The van der Waals surface area contributed by atoms with Crippen LogP contribution >= 0.6 is 10.9 Å². The molecule has 0 amide bonds. The summed E-state index contributed by atoms with van der Waals surface area (Å²) < 4.78 is 0. The Labute approximate surface area is 139 Å². The second kappa shape index (κ2) is 18.4. The van der Waals surface area contributed by atoms with E-state index in [9.17, 15) is 0 Å². The van der Waals surface area contributed by atoms with Crippen LogP contribution in [0.2, 0.25) is 0 Å². The van der Waals surface area contributed by atoms with Crippen LogP contribution in [0, 0.1) is 0 Å². The van der Waals surface area contributed by atoms with Gasteiger partial charge in [-0.3, -0.25) is 10.9 Å². The smallest absolute Gasteiger partial charge is 0.0258 e. The molecular formula is C20H44S. The van der Waals surface area contributed by atoms with Crippen molar-refractivity contribution in [2.45, 2.75) is 110 Å². The van der Waals surface area contributed by atoms with Crippen LogP contribution in [-0.2, 0) is 0 Å². The Morgan fingerprint density at radius 2 is 0.714 bits per heavy atom. The summed E-state index contributed by atoms with van der Waals surface area (Å²) in [6.07, 6.45) is 28.4. The quantitative estimate of drug-likeness (QED) is 0.208. The van der Waals surface area contributed by atoms with Crippen LogP contribution in [0.5, 0.6) is 0 Å². The standard InChI is InChI=1S/C20H44S/c1-4-5-6-7-8-9-10-11-12-13-14-15-16-17-18-19-20-21(2)3/h21H,4-20H2,1-3H3. The number of rotatable bonds is 17. The van der Waals surface area contributed by atoms with Crippen molar-refractivity contribution in [1.82, 2.24) is 0 Å². The summed E-state index contributed by atoms with van der Waals surface area (Å²) in [5, 5.41) is 0. The van der Waals surface area contributed by atoms with Gasteiger partial charge in [-0.1, -0.05) is 103 Å². The highest BCUT2D eigenvalue weighted by Gasteiger charge is 1.95. The van der Waals surface area contributed by atoms with Gasteiger partial charge >= 0.3 is 0 Å². The molecule has 0 aliphatic heterocycles. The van der Waals surface area contributed by atoms with Gasteiger partial charge in [0, 0.05) is 0 Å². The first-order valence-electron chi connectivity index (χ1n) is 9.92. The average Bonchev–Trinajstić information content (AvgIpc) is 2.46. The van der Waals surface area contributed by atoms with E-state index in [1.54, 1.807) is 0 Å². The van der Waals surface area contributed by atoms with E-state index < -0.39 is 0 Å². The molecule has 0 aliphatic rings. The maximum absolute atomic E-state index is 2.40. The second-order valence-electron chi connectivity index (χ2n) is 7.11. The molecule has 0 atom stereocenters. The van der Waals surface area contributed by atoms with E-state index >= 15 is 0 Å². The summed E-state index contributed by atoms with van der Waals surface area (Å²) in [7, 11) is 0.357. The summed E-state index contributed by atoms with van der Waals surface area (Å²) in [6.45, 7) is 2.30. The van der Waals surface area contributed by atoms with Gasteiger partial charge in [-0.15, -0.1) is 0 Å². The van der Waals surface area contributed by atoms with Crippen LogP contribution in [0.15, 0.2) is 0 Å². The first-order chi connectivity index (χ1) is 10.3. The number of unbranched alkanes of at least 4 members (excludes halogenated alkanes) is 15. The molecule has 0 heterocycles. The minimum absolute atomic E-state index is 0.357. The highest BCUT2D eigenvalue weighted by Crippen LogP contribution is 2.17. The van der Waals surface area contributed by atoms with Crippen LogP contribution in [0.1, 0.15) is 110 Å². The molecule has 1 heteroatoms. The van der Waals surface area contributed by atoms with Gasteiger partial charge < -0.3 is 0 Å². The lowest BCUT2D eigenvalue weighted by Crippen LogP contribution is -1.86. The highest BCUT2D eigenvalue weighted by molar-refractivity contribution is 8.15. The maximum atomic E-state index is 2.40. The SMILES string of the molecule is CCCCCCCCCCCCCCCCCC[SH](C)C. The molecule has 0 unspecified atom stereocenters. The van der Waals surface area contributed by atoms with Crippen molar-refractivity contribution in [3.8, 4) is 0 Å². The number of hydrogen-bond donors (Lipinski definition) is 1. The van der Waals surface area contributed by atoms with Crippen LogP contribution in [-0.4, -0.2) is 18.3 Å². The molecule has 0 nitrogen and oxygen atoms in total. The van der Waals surface area contributed by atoms with Gasteiger partial charge in [-0.25, -0.2) is 0 Å². The predicted molar refractivity (Wildman–Crippen MR) is 105 cm³/mol. The maximum Gasteiger partial charge on any atom is -0.0258 e. The van der Waals surface area contributed by atoms with E-state index in [4.69, 9.17) is 0 Å². The van der Waals surface area contributed by atoms with Crippen molar-refractivity contribution in [2.75, 3.05) is 18.3 Å². The Morgan fingerprint density at radius 1 is 0.429 bits per heavy atom. The molecule has 0 aliphatic carbocycles. The summed E-state index contributed by atoms with van der Waals surface area (Å²) >= 11 is 0. The lowest BCUT2D eigenvalue weighted by atomic mass is 10.0. The summed E-state index contributed by atoms with van der Waals surface area (Å²) in [4.78, 5) is 0. The van der Waals surface area contributed by atoms with Crippen molar-refractivity contribution in [3.63, 3.8) is 0 Å². The minimum atomic E-state index is 0.357. The molecule has 0 spiro atoms. The van der Waals surface area contributed by atoms with E-state index in [0.717, 1.165) is 0 Å². The molecule has 0 radical (unpaired) electrons. The van der Waals surface area contributed by atoms with Gasteiger partial charge in [-0.2, -0.15) is 0 Å². The molecule has 0 fully saturated rings. The first kappa shape index (κ1) is 21.4. The normalized spacial score (nSPS) is 11.9. The molecular weight excluding hydrogens is 272 g/mol. The molecule has 0 aromatic heterocycles. The molecule has 21 heavy (non-hydrogen) atoms. The average molecular weight is 317 g/mol. The fourth-order valence-corrected chi connectivity index (χ4v) is 3.83. The largest absolute Gasteiger partial charge is 0.259 e. The summed E-state index contributed by atoms with van der Waals surface area (Å²) in [5.74, 6) is 1.49. The van der Waals surface area contributed by atoms with Gasteiger partial charge in [0.1, 0.15) is 0 Å². The van der Waals surface area contributed by atoms with Gasteiger partial charge in [0.05, 0.1) is 0 Å². The zero-order chi connectivity index (χ0) is 15.6. The highest BCUT2D eigenvalue weighted by atomic mass is 32.2. The van der Waals surface area contributed by atoms with Crippen LogP contribution in [0.3, 0.4) is 0 Å². The first-order valence-corrected chi connectivity index (χ1v) is 12.3. The van der Waals surface area contributed by atoms with E-state index in [0.29, 0.717) is 10.9 Å². The number of hydrogen-bond acceptors (Lipinski definition) is 0. The van der Waals surface area contributed by atoms with Gasteiger partial charge in [0.2, 0.25) is 0 Å². The van der Waals surface area contributed by atoms with Crippen LogP contribution < -0.4 is 0 Å². The summed E-state index contributed by atoms with van der Waals surface area (Å²) in [5.41, 5.74) is 0. The molecule has 0 aromatic rings. The Hall–Kier alpha value is 0.350. The van der Waals surface area contributed by atoms with Crippen molar-refractivity contribution in [1.29, 1.82) is 0 Å². The Bertz CT molecular complexity index is 177. The van der Waals surface area contributed by atoms with Gasteiger partial charge in [-0.05, 0) is 24.7 Å². The third-order valence-electron chi connectivity index (χ3n) is 4.46. The fraction of sp³-hybridized carbons (Fsp3) is 1.00. The van der Waals surface area contributed by atoms with Crippen molar-refractivity contribution >= 4 is 10.9 Å². The van der Waals surface area contributed by atoms with E-state index in [1.165, 1.54) is 108 Å². The lowest BCUT2D eigenvalue weighted by molar-refractivity contribution is 0.531. The number of thiol groups is 1. The monoisotopic (exact) mass is 316 g/mol. The minimum Gasteiger partial charge on any atom is -0.259 e. The van der Waals surface area contributed by atoms with E-state index in [1.807, 2.05) is 0 Å². The molecule has 0 saturated carbocycles. The van der Waals surface area contributed by atoms with Crippen LogP contribution in [0.4, 0.5) is 0 Å². The molecule has 130 valence electrons. The van der Waals surface area contributed by atoms with E-state index in [-0.39, 0.29) is 0 Å². The third-order valence-corrected chi connectivity index (χ3v) is 5.67. The Balaban J connectivity index is 2.93. The molecule has 0 saturated heterocycles. The second-order valence-corrected chi connectivity index (χ2v) is 9.71. The zero-order valence-corrected chi connectivity index (χ0v) is 16.4. The summed E-state index contributed by atoms with van der Waals surface area (Å²) in [6, 6.07) is 0. The topological polar surface area (TPSA) is 0 Å².